The number of sulfone groups is 1. The molecule has 0 spiro atoms. The number of halogens is 2. The lowest BCUT2D eigenvalue weighted by molar-refractivity contribution is -0.118. The maximum atomic E-state index is 13.0. The van der Waals surface area contributed by atoms with E-state index in [1.54, 1.807) is 23.1 Å². The molecule has 1 amide bonds. The summed E-state index contributed by atoms with van der Waals surface area (Å²) in [5.41, 5.74) is 0.775. The number of hydrogen-bond donors (Lipinski definition) is 0. The number of carbonyl (C=O) groups is 1. The molecule has 3 rings (SSSR count). The van der Waals surface area contributed by atoms with Gasteiger partial charge in [-0.3, -0.25) is 9.69 Å². The van der Waals surface area contributed by atoms with Crippen molar-refractivity contribution < 1.29 is 13.2 Å². The summed E-state index contributed by atoms with van der Waals surface area (Å²) in [7, 11) is 0.381. The zero-order valence-electron chi connectivity index (χ0n) is 17.2. The van der Waals surface area contributed by atoms with Crippen LogP contribution < -0.4 is 4.90 Å². The van der Waals surface area contributed by atoms with Gasteiger partial charge in [0, 0.05) is 29.6 Å². The van der Waals surface area contributed by atoms with E-state index in [2.05, 4.69) is 4.98 Å². The van der Waals surface area contributed by atoms with Crippen LogP contribution >= 0.6 is 34.5 Å². The van der Waals surface area contributed by atoms with Crippen LogP contribution in [0.25, 0.3) is 10.2 Å². The van der Waals surface area contributed by atoms with E-state index < -0.39 is 9.84 Å². The highest BCUT2D eigenvalue weighted by Crippen LogP contribution is 2.31. The summed E-state index contributed by atoms with van der Waals surface area (Å²) < 4.78 is 26.0. The molecule has 0 N–H and O–H groups in total. The molecule has 31 heavy (non-hydrogen) atoms. The fourth-order valence-electron chi connectivity index (χ4n) is 2.94. The first kappa shape index (κ1) is 23.9. The van der Waals surface area contributed by atoms with Gasteiger partial charge in [0.05, 0.1) is 20.9 Å². The van der Waals surface area contributed by atoms with Crippen LogP contribution in [0.15, 0.2) is 47.4 Å². The third kappa shape index (κ3) is 6.40. The Kier molecular flexibility index (Phi) is 7.93. The predicted octanol–water partition coefficient (Wildman–Crippen LogP) is 4.75. The van der Waals surface area contributed by atoms with Crippen molar-refractivity contribution in [1.29, 1.82) is 0 Å². The van der Waals surface area contributed by atoms with Crippen LogP contribution in [0.1, 0.15) is 12.8 Å². The van der Waals surface area contributed by atoms with E-state index in [-0.39, 0.29) is 29.4 Å². The summed E-state index contributed by atoms with van der Waals surface area (Å²) >= 11 is 13.3. The molecule has 0 radical (unpaired) electrons. The molecule has 0 aliphatic heterocycles. The number of thiazole rings is 1. The Morgan fingerprint density at radius 2 is 1.71 bits per heavy atom. The van der Waals surface area contributed by atoms with Crippen molar-refractivity contribution in [3.05, 3.63) is 52.5 Å². The van der Waals surface area contributed by atoms with Gasteiger partial charge in [0.2, 0.25) is 5.91 Å². The monoisotopic (exact) mass is 499 g/mol. The molecule has 6 nitrogen and oxygen atoms in total. The lowest BCUT2D eigenvalue weighted by atomic mass is 10.3. The summed E-state index contributed by atoms with van der Waals surface area (Å²) in [6.45, 7) is 1.12. The number of fused-ring (bicyclic) bond motifs is 1. The molecular formula is C21H23Cl2N3O3S2. The molecule has 2 aromatic carbocycles. The molecule has 0 fully saturated rings. The van der Waals surface area contributed by atoms with Crippen LogP contribution in [-0.4, -0.2) is 57.1 Å². The van der Waals surface area contributed by atoms with Crippen LogP contribution in [0.3, 0.4) is 0 Å². The second-order valence-corrected chi connectivity index (χ2v) is 11.3. The highest BCUT2D eigenvalue weighted by atomic mass is 35.5. The van der Waals surface area contributed by atoms with Gasteiger partial charge in [0.25, 0.3) is 0 Å². The summed E-state index contributed by atoms with van der Waals surface area (Å²) in [6.07, 6.45) is 0.329. The second kappa shape index (κ2) is 10.3. The minimum absolute atomic E-state index is 0.108. The molecule has 166 valence electrons. The van der Waals surface area contributed by atoms with Crippen molar-refractivity contribution in [1.82, 2.24) is 9.88 Å². The number of aromatic nitrogens is 1. The number of hydrogen-bond acceptors (Lipinski definition) is 6. The van der Waals surface area contributed by atoms with E-state index in [4.69, 9.17) is 23.2 Å². The second-order valence-electron chi connectivity index (χ2n) is 7.33. The first-order chi connectivity index (χ1) is 14.7. The highest BCUT2D eigenvalue weighted by molar-refractivity contribution is 7.91. The maximum absolute atomic E-state index is 13.0. The van der Waals surface area contributed by atoms with E-state index in [9.17, 15) is 13.2 Å². The van der Waals surface area contributed by atoms with Crippen LogP contribution in [0.5, 0.6) is 0 Å². The molecule has 0 aliphatic rings. The van der Waals surface area contributed by atoms with E-state index in [1.807, 2.05) is 31.1 Å². The van der Waals surface area contributed by atoms with Crippen LogP contribution in [-0.2, 0) is 14.6 Å². The Hall–Kier alpha value is -1.71. The molecule has 0 atom stereocenters. The molecule has 0 saturated carbocycles. The quantitative estimate of drug-likeness (QED) is 0.424. The van der Waals surface area contributed by atoms with Gasteiger partial charge in [0.1, 0.15) is 0 Å². The number of benzene rings is 2. The van der Waals surface area contributed by atoms with Gasteiger partial charge in [-0.1, -0.05) is 34.5 Å². The zero-order chi connectivity index (χ0) is 22.6. The Labute approximate surface area is 196 Å². The summed E-state index contributed by atoms with van der Waals surface area (Å²) in [5, 5.41) is 1.67. The Bertz CT molecular complexity index is 1160. The molecule has 0 unspecified atom stereocenters. The molecule has 0 aliphatic carbocycles. The topological polar surface area (TPSA) is 70.6 Å². The van der Waals surface area contributed by atoms with E-state index >= 15 is 0 Å². The standard InChI is InChI=1S/C21H23Cl2N3O3S2/c1-25(2)11-12-26(21-24-18-10-7-16(23)14-19(18)30-21)20(27)4-3-13-31(28,29)17-8-5-15(22)6-9-17/h5-10,14H,3-4,11-13H2,1-2H3. The number of anilines is 1. The first-order valence-electron chi connectivity index (χ1n) is 9.65. The average Bonchev–Trinajstić information content (AvgIpc) is 3.10. The number of likely N-dealkylation sites (N-methyl/N-ethyl adjacent to an activating group) is 1. The lowest BCUT2D eigenvalue weighted by Crippen LogP contribution is -2.36. The minimum atomic E-state index is -3.48. The van der Waals surface area contributed by atoms with Gasteiger partial charge in [-0.05, 0) is 63.0 Å². The van der Waals surface area contributed by atoms with E-state index in [0.29, 0.717) is 28.3 Å². The Morgan fingerprint density at radius 3 is 2.39 bits per heavy atom. The van der Waals surface area contributed by atoms with Crippen LogP contribution in [0.2, 0.25) is 10.0 Å². The number of rotatable bonds is 9. The maximum Gasteiger partial charge on any atom is 0.228 e. The molecule has 3 aromatic rings. The molecular weight excluding hydrogens is 477 g/mol. The number of carbonyl (C=O) groups excluding carboxylic acids is 1. The molecule has 1 aromatic heterocycles. The van der Waals surface area contributed by atoms with Crippen molar-refractivity contribution >= 4 is 65.6 Å². The van der Waals surface area contributed by atoms with E-state index in [0.717, 1.165) is 10.2 Å². The lowest BCUT2D eigenvalue weighted by Gasteiger charge is -2.22. The third-order valence-electron chi connectivity index (χ3n) is 4.62. The fraction of sp³-hybridized carbons (Fsp3) is 0.333. The van der Waals surface area contributed by atoms with Crippen LogP contribution in [0, 0.1) is 0 Å². The predicted molar refractivity (Wildman–Crippen MR) is 128 cm³/mol. The van der Waals surface area contributed by atoms with Gasteiger partial charge in [-0.25, -0.2) is 13.4 Å². The van der Waals surface area contributed by atoms with Gasteiger partial charge >= 0.3 is 0 Å². The van der Waals surface area contributed by atoms with Gasteiger partial charge in [0.15, 0.2) is 15.0 Å². The van der Waals surface area contributed by atoms with Gasteiger partial charge < -0.3 is 4.90 Å². The summed E-state index contributed by atoms with van der Waals surface area (Å²) in [6, 6.07) is 11.5. The van der Waals surface area contributed by atoms with Crippen molar-refractivity contribution in [3.63, 3.8) is 0 Å². The number of amides is 1. The van der Waals surface area contributed by atoms with Crippen molar-refractivity contribution in [2.24, 2.45) is 0 Å². The fourth-order valence-corrected chi connectivity index (χ4v) is 5.66. The first-order valence-corrected chi connectivity index (χ1v) is 12.9. The summed E-state index contributed by atoms with van der Waals surface area (Å²) in [5.74, 6) is -0.268. The SMILES string of the molecule is CN(C)CCN(C(=O)CCCS(=O)(=O)c1ccc(Cl)cc1)c1nc2ccc(Cl)cc2s1. The normalized spacial score (nSPS) is 11.9. The molecule has 1 heterocycles. The largest absolute Gasteiger partial charge is 0.308 e. The van der Waals surface area contributed by atoms with Crippen molar-refractivity contribution in [3.8, 4) is 0 Å². The number of nitrogens with zero attached hydrogens (tertiary/aromatic N) is 3. The zero-order valence-corrected chi connectivity index (χ0v) is 20.4. The van der Waals surface area contributed by atoms with Crippen LogP contribution in [0.4, 0.5) is 5.13 Å². The molecule has 0 bridgehead atoms. The Morgan fingerprint density at radius 1 is 1.03 bits per heavy atom. The van der Waals surface area contributed by atoms with Gasteiger partial charge in [-0.15, -0.1) is 0 Å². The average molecular weight is 500 g/mol. The Balaban J connectivity index is 1.71. The highest BCUT2D eigenvalue weighted by Gasteiger charge is 2.21. The van der Waals surface area contributed by atoms with Crippen molar-refractivity contribution in [2.45, 2.75) is 17.7 Å². The minimum Gasteiger partial charge on any atom is -0.308 e. The van der Waals surface area contributed by atoms with Crippen molar-refractivity contribution in [2.75, 3.05) is 37.8 Å². The smallest absolute Gasteiger partial charge is 0.228 e. The van der Waals surface area contributed by atoms with Gasteiger partial charge in [-0.2, -0.15) is 0 Å². The summed E-state index contributed by atoms with van der Waals surface area (Å²) in [4.78, 5) is 21.4. The van der Waals surface area contributed by atoms with E-state index in [1.165, 1.54) is 23.5 Å². The molecule has 10 heteroatoms. The molecule has 0 saturated heterocycles. The third-order valence-corrected chi connectivity index (χ3v) is 7.96.